The summed E-state index contributed by atoms with van der Waals surface area (Å²) >= 11 is 0. The highest BCUT2D eigenvalue weighted by atomic mass is 16.4. The molecule has 0 saturated heterocycles. The minimum absolute atomic E-state index is 0.0556. The summed E-state index contributed by atoms with van der Waals surface area (Å²) in [6.07, 6.45) is 2.41. The van der Waals surface area contributed by atoms with Gasteiger partial charge in [-0.15, -0.1) is 0 Å². The van der Waals surface area contributed by atoms with Crippen molar-refractivity contribution in [2.45, 2.75) is 31.8 Å². The highest BCUT2D eigenvalue weighted by molar-refractivity contribution is 5.82. The minimum Gasteiger partial charge on any atom is -0.469 e. The van der Waals surface area contributed by atoms with Crippen molar-refractivity contribution in [1.29, 1.82) is 0 Å². The van der Waals surface area contributed by atoms with Crippen molar-refractivity contribution in [3.63, 3.8) is 0 Å². The smallest absolute Gasteiger partial charge is 0.223 e. The molecule has 2 aromatic rings. The van der Waals surface area contributed by atoms with E-state index in [-0.39, 0.29) is 24.3 Å². The molecular formula is C16H19NO4. The highest BCUT2D eigenvalue weighted by Gasteiger charge is 2.46. The van der Waals surface area contributed by atoms with Gasteiger partial charge in [0.05, 0.1) is 12.8 Å². The molecule has 1 aliphatic rings. The van der Waals surface area contributed by atoms with Crippen molar-refractivity contribution in [3.8, 4) is 0 Å². The molecule has 3 rings (SSSR count). The zero-order valence-corrected chi connectivity index (χ0v) is 12.1. The summed E-state index contributed by atoms with van der Waals surface area (Å²) in [5, 5.41) is 13.2. The number of rotatable bonds is 5. The van der Waals surface area contributed by atoms with Gasteiger partial charge in [0.15, 0.2) is 0 Å². The molecule has 0 aliphatic heterocycles. The van der Waals surface area contributed by atoms with Crippen LogP contribution in [0, 0.1) is 12.8 Å². The number of carbonyl (C=O) groups is 1. The van der Waals surface area contributed by atoms with Crippen LogP contribution in [0.4, 0.5) is 0 Å². The maximum atomic E-state index is 12.1. The van der Waals surface area contributed by atoms with E-state index in [0.717, 1.165) is 17.9 Å². The van der Waals surface area contributed by atoms with Gasteiger partial charge in [-0.25, -0.2) is 0 Å². The van der Waals surface area contributed by atoms with Crippen LogP contribution in [0.1, 0.15) is 36.5 Å². The fourth-order valence-corrected chi connectivity index (χ4v) is 2.50. The van der Waals surface area contributed by atoms with Crippen molar-refractivity contribution in [1.82, 2.24) is 5.32 Å². The zero-order valence-electron chi connectivity index (χ0n) is 12.1. The number of nitrogens with one attached hydrogen (secondary N) is 1. The molecule has 5 nitrogen and oxygen atoms in total. The Kier molecular flexibility index (Phi) is 3.37. The average molecular weight is 289 g/mol. The van der Waals surface area contributed by atoms with E-state index in [0.29, 0.717) is 5.76 Å². The standard InChI is InChI=1S/C16H19NO4/c1-10-5-6-14(21-10)16(2,19)9-17-15(18)12-8-11(12)13-4-3-7-20-13/h3-7,11-12,19H,8-9H2,1-2H3,(H,17,18). The molecular weight excluding hydrogens is 270 g/mol. The molecule has 21 heavy (non-hydrogen) atoms. The summed E-state index contributed by atoms with van der Waals surface area (Å²) in [6.45, 7) is 3.57. The second kappa shape index (κ2) is 5.07. The first kappa shape index (κ1) is 13.9. The lowest BCUT2D eigenvalue weighted by atomic mass is 10.0. The number of aryl methyl sites for hydroxylation is 1. The largest absolute Gasteiger partial charge is 0.469 e. The van der Waals surface area contributed by atoms with Crippen molar-refractivity contribution in [2.24, 2.45) is 5.92 Å². The van der Waals surface area contributed by atoms with Crippen LogP contribution < -0.4 is 5.32 Å². The third-order valence-corrected chi connectivity index (χ3v) is 3.91. The normalized spacial score (nSPS) is 23.6. The molecule has 0 spiro atoms. The summed E-state index contributed by atoms with van der Waals surface area (Å²) in [7, 11) is 0. The Morgan fingerprint density at radius 3 is 2.90 bits per heavy atom. The van der Waals surface area contributed by atoms with Crippen molar-refractivity contribution >= 4 is 5.91 Å². The molecule has 2 heterocycles. The molecule has 0 radical (unpaired) electrons. The fourth-order valence-electron chi connectivity index (χ4n) is 2.50. The number of hydrogen-bond acceptors (Lipinski definition) is 4. The van der Waals surface area contributed by atoms with E-state index in [2.05, 4.69) is 5.32 Å². The van der Waals surface area contributed by atoms with Crippen LogP contribution >= 0.6 is 0 Å². The Morgan fingerprint density at radius 1 is 1.48 bits per heavy atom. The summed E-state index contributed by atoms with van der Waals surface area (Å²) in [4.78, 5) is 12.1. The van der Waals surface area contributed by atoms with E-state index in [1.807, 2.05) is 19.1 Å². The van der Waals surface area contributed by atoms with E-state index in [9.17, 15) is 9.90 Å². The molecule has 1 fully saturated rings. The molecule has 3 atom stereocenters. The van der Waals surface area contributed by atoms with Gasteiger partial charge >= 0.3 is 0 Å². The van der Waals surface area contributed by atoms with Gasteiger partial charge < -0.3 is 19.3 Å². The van der Waals surface area contributed by atoms with Gasteiger partial charge in [0.2, 0.25) is 5.91 Å². The third-order valence-electron chi connectivity index (χ3n) is 3.91. The first-order valence-electron chi connectivity index (χ1n) is 7.08. The van der Waals surface area contributed by atoms with Gasteiger partial charge in [-0.2, -0.15) is 0 Å². The first-order chi connectivity index (χ1) is 9.97. The number of amides is 1. The quantitative estimate of drug-likeness (QED) is 0.885. The topological polar surface area (TPSA) is 75.6 Å². The molecule has 3 unspecified atom stereocenters. The summed E-state index contributed by atoms with van der Waals surface area (Å²) in [6, 6.07) is 7.23. The number of furan rings is 2. The van der Waals surface area contributed by atoms with E-state index in [4.69, 9.17) is 8.83 Å². The number of aliphatic hydroxyl groups is 1. The predicted molar refractivity (Wildman–Crippen MR) is 75.6 cm³/mol. The van der Waals surface area contributed by atoms with Gasteiger partial charge in [0.1, 0.15) is 22.9 Å². The second-order valence-electron chi connectivity index (χ2n) is 5.87. The van der Waals surface area contributed by atoms with Gasteiger partial charge in [-0.1, -0.05) is 0 Å². The molecule has 0 bridgehead atoms. The molecule has 2 N–H and O–H groups in total. The summed E-state index contributed by atoms with van der Waals surface area (Å²) in [5.74, 6) is 2.08. The van der Waals surface area contributed by atoms with Gasteiger partial charge in [0, 0.05) is 11.8 Å². The Balaban J connectivity index is 1.55. The molecule has 2 aromatic heterocycles. The SMILES string of the molecule is Cc1ccc(C(C)(O)CNC(=O)C2CC2c2ccco2)o1. The Morgan fingerprint density at radius 2 is 2.29 bits per heavy atom. The van der Waals surface area contributed by atoms with Crippen molar-refractivity contribution < 1.29 is 18.7 Å². The van der Waals surface area contributed by atoms with Crippen molar-refractivity contribution in [3.05, 3.63) is 47.8 Å². The maximum Gasteiger partial charge on any atom is 0.223 e. The van der Waals surface area contributed by atoms with Crippen LogP contribution in [-0.2, 0) is 10.4 Å². The predicted octanol–water partition coefficient (Wildman–Crippen LogP) is 2.31. The van der Waals surface area contributed by atoms with Crippen LogP contribution in [0.2, 0.25) is 0 Å². The summed E-state index contributed by atoms with van der Waals surface area (Å²) < 4.78 is 10.7. The lowest BCUT2D eigenvalue weighted by molar-refractivity contribution is -0.123. The second-order valence-corrected chi connectivity index (χ2v) is 5.87. The Hall–Kier alpha value is -2.01. The van der Waals surface area contributed by atoms with Crippen LogP contribution in [0.3, 0.4) is 0 Å². The molecule has 1 saturated carbocycles. The molecule has 1 aliphatic carbocycles. The van der Waals surface area contributed by atoms with E-state index in [1.165, 1.54) is 0 Å². The van der Waals surface area contributed by atoms with Crippen LogP contribution in [0.5, 0.6) is 0 Å². The van der Waals surface area contributed by atoms with E-state index < -0.39 is 5.60 Å². The first-order valence-corrected chi connectivity index (χ1v) is 7.08. The maximum absolute atomic E-state index is 12.1. The van der Waals surface area contributed by atoms with E-state index in [1.54, 1.807) is 25.3 Å². The van der Waals surface area contributed by atoms with Crippen LogP contribution in [0.25, 0.3) is 0 Å². The third kappa shape index (κ3) is 2.88. The summed E-state index contributed by atoms with van der Waals surface area (Å²) in [5.41, 5.74) is -1.21. The van der Waals surface area contributed by atoms with Gasteiger partial charge in [0.25, 0.3) is 0 Å². The van der Waals surface area contributed by atoms with Crippen molar-refractivity contribution in [2.75, 3.05) is 6.54 Å². The average Bonchev–Trinajstić information content (AvgIpc) is 2.87. The minimum atomic E-state index is -1.21. The lowest BCUT2D eigenvalue weighted by Crippen LogP contribution is -2.39. The van der Waals surface area contributed by atoms with E-state index >= 15 is 0 Å². The zero-order chi connectivity index (χ0) is 15.0. The number of carbonyl (C=O) groups excluding carboxylic acids is 1. The highest BCUT2D eigenvalue weighted by Crippen LogP contribution is 2.47. The van der Waals surface area contributed by atoms with Gasteiger partial charge in [-0.05, 0) is 44.5 Å². The monoisotopic (exact) mass is 289 g/mol. The van der Waals surface area contributed by atoms with Gasteiger partial charge in [-0.3, -0.25) is 4.79 Å². The molecule has 1 amide bonds. The molecule has 112 valence electrons. The number of hydrogen-bond donors (Lipinski definition) is 2. The molecule has 5 heteroatoms. The van der Waals surface area contributed by atoms with Crippen LogP contribution in [-0.4, -0.2) is 17.6 Å². The molecule has 0 aromatic carbocycles. The van der Waals surface area contributed by atoms with Crippen LogP contribution in [0.15, 0.2) is 39.4 Å². The Labute approximate surface area is 122 Å². The Bertz CT molecular complexity index is 627. The fraction of sp³-hybridized carbons (Fsp3) is 0.438. The lowest BCUT2D eigenvalue weighted by Gasteiger charge is -2.21.